The lowest BCUT2D eigenvalue weighted by Gasteiger charge is -2.48. The van der Waals surface area contributed by atoms with E-state index in [1.165, 1.54) is 11.8 Å². The van der Waals surface area contributed by atoms with Gasteiger partial charge in [0.2, 0.25) is 0 Å². The lowest BCUT2D eigenvalue weighted by Crippen LogP contribution is -2.60. The van der Waals surface area contributed by atoms with Crippen LogP contribution in [0.4, 0.5) is 0 Å². The Balaban J connectivity index is 2.13. The van der Waals surface area contributed by atoms with E-state index in [0.29, 0.717) is 12.5 Å². The van der Waals surface area contributed by atoms with Crippen LogP contribution in [0, 0.1) is 0 Å². The van der Waals surface area contributed by atoms with Gasteiger partial charge in [-0.15, -0.1) is 0 Å². The summed E-state index contributed by atoms with van der Waals surface area (Å²) < 4.78 is 22.7. The molecule has 1 aliphatic heterocycles. The average molecular weight is 310 g/mol. The minimum atomic E-state index is -2.88. The maximum Gasteiger partial charge on any atom is 0.147 e. The topological polar surface area (TPSA) is 49.4 Å². The van der Waals surface area contributed by atoms with Crippen molar-refractivity contribution in [3.05, 3.63) is 35.9 Å². The zero-order valence-corrected chi connectivity index (χ0v) is 14.0. The third-order valence-corrected chi connectivity index (χ3v) is 5.36. The summed E-state index contributed by atoms with van der Waals surface area (Å²) >= 11 is 0. The molecule has 118 valence electrons. The molecule has 0 bridgehead atoms. The summed E-state index contributed by atoms with van der Waals surface area (Å²) in [6.45, 7) is 7.05. The van der Waals surface area contributed by atoms with Crippen molar-refractivity contribution in [3.8, 4) is 0 Å². The maximum atomic E-state index is 11.3. The third kappa shape index (κ3) is 4.28. The molecule has 1 aliphatic rings. The predicted octanol–water partition coefficient (Wildman–Crippen LogP) is 1.63. The monoisotopic (exact) mass is 310 g/mol. The summed E-state index contributed by atoms with van der Waals surface area (Å²) in [6.07, 6.45) is 2.00. The normalized spacial score (nSPS) is 27.7. The first-order valence-corrected chi connectivity index (χ1v) is 9.59. The molecule has 2 atom stereocenters. The van der Waals surface area contributed by atoms with Gasteiger partial charge in [0.05, 0.1) is 11.3 Å². The lowest BCUT2D eigenvalue weighted by molar-refractivity contribution is 0.0538. The fourth-order valence-corrected chi connectivity index (χ4v) is 3.67. The van der Waals surface area contributed by atoms with Crippen LogP contribution in [-0.2, 0) is 15.4 Å². The van der Waals surface area contributed by atoms with Crippen molar-refractivity contribution < 1.29 is 8.42 Å². The van der Waals surface area contributed by atoms with Gasteiger partial charge in [0, 0.05) is 31.9 Å². The number of rotatable bonds is 5. The van der Waals surface area contributed by atoms with Crippen LogP contribution in [0.25, 0.3) is 0 Å². The van der Waals surface area contributed by atoms with Gasteiger partial charge in [0.1, 0.15) is 9.84 Å². The Morgan fingerprint density at radius 2 is 2.00 bits per heavy atom. The number of hydrogen-bond donors (Lipinski definition) is 1. The van der Waals surface area contributed by atoms with Crippen LogP contribution in [0.3, 0.4) is 0 Å². The van der Waals surface area contributed by atoms with Crippen molar-refractivity contribution in [1.82, 2.24) is 10.2 Å². The SMILES string of the molecule is CC1CN(CCCS(C)(=O)=O)C(C)(c2ccccc2)CN1. The van der Waals surface area contributed by atoms with Gasteiger partial charge >= 0.3 is 0 Å². The average Bonchev–Trinajstić information content (AvgIpc) is 2.42. The van der Waals surface area contributed by atoms with Gasteiger partial charge in [-0.3, -0.25) is 4.90 Å². The highest BCUT2D eigenvalue weighted by atomic mass is 32.2. The van der Waals surface area contributed by atoms with Gasteiger partial charge in [0.15, 0.2) is 0 Å². The Bertz CT molecular complexity index is 559. The molecule has 0 saturated carbocycles. The Morgan fingerprint density at radius 1 is 1.33 bits per heavy atom. The van der Waals surface area contributed by atoms with Gasteiger partial charge in [-0.25, -0.2) is 8.42 Å². The minimum absolute atomic E-state index is 0.0781. The molecule has 0 amide bonds. The molecule has 21 heavy (non-hydrogen) atoms. The summed E-state index contributed by atoms with van der Waals surface area (Å²) in [5.41, 5.74) is 1.20. The van der Waals surface area contributed by atoms with Gasteiger partial charge < -0.3 is 5.32 Å². The first-order chi connectivity index (χ1) is 9.81. The molecule has 1 fully saturated rings. The Morgan fingerprint density at radius 3 is 2.62 bits per heavy atom. The van der Waals surface area contributed by atoms with Crippen LogP contribution in [0.5, 0.6) is 0 Å². The number of benzene rings is 1. The molecule has 2 unspecified atom stereocenters. The van der Waals surface area contributed by atoms with E-state index < -0.39 is 9.84 Å². The molecule has 1 aromatic carbocycles. The van der Waals surface area contributed by atoms with E-state index in [-0.39, 0.29) is 11.3 Å². The molecule has 0 aromatic heterocycles. The Hall–Kier alpha value is -0.910. The standard InChI is InChI=1S/C16H26N2O2S/c1-14-12-18(10-7-11-21(3,19)20)16(2,13-17-14)15-8-5-4-6-9-15/h4-6,8-9,14,17H,7,10-13H2,1-3H3. The predicted molar refractivity (Wildman–Crippen MR) is 87.2 cm³/mol. The smallest absolute Gasteiger partial charge is 0.147 e. The summed E-state index contributed by atoms with van der Waals surface area (Å²) in [6, 6.07) is 10.9. The summed E-state index contributed by atoms with van der Waals surface area (Å²) in [4.78, 5) is 2.43. The zero-order valence-electron chi connectivity index (χ0n) is 13.2. The van der Waals surface area contributed by atoms with Gasteiger partial charge in [-0.1, -0.05) is 30.3 Å². The highest BCUT2D eigenvalue weighted by Gasteiger charge is 2.37. The number of nitrogens with zero attached hydrogens (tertiary/aromatic N) is 1. The van der Waals surface area contributed by atoms with Crippen molar-refractivity contribution in [2.75, 3.05) is 31.6 Å². The molecule has 2 rings (SSSR count). The second-order valence-corrected chi connectivity index (χ2v) is 8.61. The number of nitrogens with one attached hydrogen (secondary N) is 1. The van der Waals surface area contributed by atoms with E-state index in [1.54, 1.807) is 0 Å². The lowest BCUT2D eigenvalue weighted by atomic mass is 9.87. The zero-order chi connectivity index (χ0) is 15.5. The van der Waals surface area contributed by atoms with Gasteiger partial charge in [-0.05, 0) is 25.8 Å². The fourth-order valence-electron chi connectivity index (χ4n) is 3.02. The van der Waals surface area contributed by atoms with Crippen LogP contribution < -0.4 is 5.32 Å². The van der Waals surface area contributed by atoms with Crippen LogP contribution in [0.2, 0.25) is 0 Å². The van der Waals surface area contributed by atoms with Crippen molar-refractivity contribution >= 4 is 9.84 Å². The molecule has 1 saturated heterocycles. The first-order valence-electron chi connectivity index (χ1n) is 7.53. The summed E-state index contributed by atoms with van der Waals surface area (Å²) in [7, 11) is -2.88. The van der Waals surface area contributed by atoms with E-state index in [2.05, 4.69) is 48.3 Å². The van der Waals surface area contributed by atoms with Crippen molar-refractivity contribution in [1.29, 1.82) is 0 Å². The molecular weight excluding hydrogens is 284 g/mol. The highest BCUT2D eigenvalue weighted by Crippen LogP contribution is 2.30. The van der Waals surface area contributed by atoms with E-state index in [4.69, 9.17) is 0 Å². The van der Waals surface area contributed by atoms with Crippen molar-refractivity contribution in [3.63, 3.8) is 0 Å². The highest BCUT2D eigenvalue weighted by molar-refractivity contribution is 7.90. The molecule has 4 nitrogen and oxygen atoms in total. The second-order valence-electron chi connectivity index (χ2n) is 6.35. The van der Waals surface area contributed by atoms with Crippen LogP contribution in [-0.4, -0.2) is 51.0 Å². The quantitative estimate of drug-likeness (QED) is 0.898. The van der Waals surface area contributed by atoms with Crippen molar-refractivity contribution in [2.24, 2.45) is 0 Å². The van der Waals surface area contributed by atoms with E-state index in [1.807, 2.05) is 6.07 Å². The first kappa shape index (κ1) is 16.5. The number of piperazine rings is 1. The number of sulfone groups is 1. The summed E-state index contributed by atoms with van der Waals surface area (Å²) in [5.74, 6) is 0.260. The Kier molecular flexibility index (Phi) is 5.07. The van der Waals surface area contributed by atoms with Gasteiger partial charge in [0.25, 0.3) is 0 Å². The van der Waals surface area contributed by atoms with Gasteiger partial charge in [-0.2, -0.15) is 0 Å². The molecule has 0 spiro atoms. The number of hydrogen-bond acceptors (Lipinski definition) is 4. The van der Waals surface area contributed by atoms with E-state index >= 15 is 0 Å². The summed E-state index contributed by atoms with van der Waals surface area (Å²) in [5, 5.41) is 3.55. The molecule has 0 radical (unpaired) electrons. The molecule has 1 heterocycles. The second kappa shape index (κ2) is 6.46. The molecule has 5 heteroatoms. The molecule has 1 N–H and O–H groups in total. The largest absolute Gasteiger partial charge is 0.311 e. The minimum Gasteiger partial charge on any atom is -0.311 e. The third-order valence-electron chi connectivity index (χ3n) is 4.33. The molecule has 0 aliphatic carbocycles. The maximum absolute atomic E-state index is 11.3. The van der Waals surface area contributed by atoms with Crippen LogP contribution in [0.1, 0.15) is 25.8 Å². The molecular formula is C16H26N2O2S. The van der Waals surface area contributed by atoms with E-state index in [0.717, 1.165) is 19.6 Å². The van der Waals surface area contributed by atoms with Crippen LogP contribution >= 0.6 is 0 Å². The molecule has 1 aromatic rings. The van der Waals surface area contributed by atoms with Crippen LogP contribution in [0.15, 0.2) is 30.3 Å². The fraction of sp³-hybridized carbons (Fsp3) is 0.625. The Labute approximate surface area is 128 Å². The van der Waals surface area contributed by atoms with Crippen molar-refractivity contribution in [2.45, 2.75) is 31.8 Å². The van der Waals surface area contributed by atoms with E-state index in [9.17, 15) is 8.42 Å².